The standard InChI is InChI=1S/C22H24Cl3NO2/c1-14-12-26(21(27)28-13-22(23,24)25)18-9-5-8-16-10-11-17(19(14)20(16)18)15-6-3-2-4-7-15/h2-4,6-7,10-11,14,16-17,19H,5,8-9,12-13H2,1H3/t14-,16+,17+,19-/m0/s1. The number of nitrogens with zero attached hydrogens (tertiary/aromatic N) is 1. The SMILES string of the molecule is C[C@H]1CN(C(=O)OCC(Cl)(Cl)Cl)C2=C3[C@@H]1[C@@H](c1ccccc1)C=C[C@H]3CCC2. The Morgan fingerprint density at radius 1 is 1.21 bits per heavy atom. The largest absolute Gasteiger partial charge is 0.445 e. The molecule has 3 nitrogen and oxygen atoms in total. The van der Waals surface area contributed by atoms with Gasteiger partial charge in [-0.05, 0) is 42.2 Å². The molecule has 3 aliphatic rings. The van der Waals surface area contributed by atoms with Crippen LogP contribution in [0.2, 0.25) is 0 Å². The van der Waals surface area contributed by atoms with E-state index < -0.39 is 9.89 Å². The summed E-state index contributed by atoms with van der Waals surface area (Å²) in [4.78, 5) is 14.6. The van der Waals surface area contributed by atoms with Gasteiger partial charge in [0.1, 0.15) is 6.61 Å². The Kier molecular flexibility index (Phi) is 5.70. The van der Waals surface area contributed by atoms with E-state index in [1.807, 2.05) is 0 Å². The minimum atomic E-state index is -1.60. The van der Waals surface area contributed by atoms with Crippen molar-refractivity contribution < 1.29 is 9.53 Å². The highest BCUT2D eigenvalue weighted by molar-refractivity contribution is 6.67. The quantitative estimate of drug-likeness (QED) is 0.389. The van der Waals surface area contributed by atoms with Crippen LogP contribution in [0.3, 0.4) is 0 Å². The molecule has 1 aliphatic heterocycles. The van der Waals surface area contributed by atoms with Crippen LogP contribution >= 0.6 is 34.8 Å². The van der Waals surface area contributed by atoms with Crippen LogP contribution < -0.4 is 0 Å². The molecule has 0 bridgehead atoms. The molecule has 0 N–H and O–H groups in total. The maximum absolute atomic E-state index is 12.8. The molecular formula is C22H24Cl3NO2. The number of alkyl halides is 3. The van der Waals surface area contributed by atoms with Gasteiger partial charge in [-0.3, -0.25) is 4.90 Å². The second-order valence-electron chi connectivity index (χ2n) is 8.01. The number of hydrogen-bond donors (Lipinski definition) is 0. The second-order valence-corrected chi connectivity index (χ2v) is 10.5. The van der Waals surface area contributed by atoms with E-state index in [4.69, 9.17) is 39.5 Å². The molecule has 0 spiro atoms. The minimum Gasteiger partial charge on any atom is -0.445 e. The third kappa shape index (κ3) is 3.94. The van der Waals surface area contributed by atoms with Crippen molar-refractivity contribution in [3.8, 4) is 0 Å². The fraction of sp³-hybridized carbons (Fsp3) is 0.500. The Bertz CT molecular complexity index is 800. The Hall–Kier alpha value is -1.16. The smallest absolute Gasteiger partial charge is 0.414 e. The van der Waals surface area contributed by atoms with Crippen LogP contribution in [-0.4, -0.2) is 27.9 Å². The number of amides is 1. The van der Waals surface area contributed by atoms with Gasteiger partial charge in [-0.25, -0.2) is 4.79 Å². The summed E-state index contributed by atoms with van der Waals surface area (Å²) in [6, 6.07) is 10.6. The van der Waals surface area contributed by atoms with Crippen LogP contribution in [0.15, 0.2) is 53.8 Å². The van der Waals surface area contributed by atoms with E-state index in [-0.39, 0.29) is 6.61 Å². The lowest BCUT2D eigenvalue weighted by Gasteiger charge is -2.48. The van der Waals surface area contributed by atoms with E-state index in [2.05, 4.69) is 49.4 Å². The topological polar surface area (TPSA) is 29.5 Å². The number of ether oxygens (including phenoxy) is 1. The molecule has 1 amide bonds. The Morgan fingerprint density at radius 2 is 1.96 bits per heavy atom. The highest BCUT2D eigenvalue weighted by Crippen LogP contribution is 2.52. The van der Waals surface area contributed by atoms with E-state index in [0.29, 0.717) is 30.2 Å². The summed E-state index contributed by atoms with van der Waals surface area (Å²) in [5.74, 6) is 1.47. The van der Waals surface area contributed by atoms with Gasteiger partial charge in [0, 0.05) is 24.1 Å². The van der Waals surface area contributed by atoms with Gasteiger partial charge in [-0.1, -0.05) is 84.2 Å². The van der Waals surface area contributed by atoms with Gasteiger partial charge >= 0.3 is 6.09 Å². The average Bonchev–Trinajstić information content (AvgIpc) is 2.68. The Labute approximate surface area is 181 Å². The van der Waals surface area contributed by atoms with E-state index in [9.17, 15) is 4.79 Å². The lowest BCUT2D eigenvalue weighted by atomic mass is 9.62. The van der Waals surface area contributed by atoms with Crippen molar-refractivity contribution in [2.75, 3.05) is 13.2 Å². The van der Waals surface area contributed by atoms with Crippen molar-refractivity contribution in [2.45, 2.75) is 35.9 Å². The van der Waals surface area contributed by atoms with Crippen molar-refractivity contribution in [2.24, 2.45) is 17.8 Å². The third-order valence-corrected chi connectivity index (χ3v) is 6.46. The van der Waals surface area contributed by atoms with Gasteiger partial charge in [0.25, 0.3) is 0 Å². The summed E-state index contributed by atoms with van der Waals surface area (Å²) in [5, 5.41) is 0. The van der Waals surface area contributed by atoms with Crippen molar-refractivity contribution in [3.63, 3.8) is 0 Å². The number of carbonyl (C=O) groups excluding carboxylic acids is 1. The number of rotatable bonds is 2. The molecule has 0 saturated heterocycles. The van der Waals surface area contributed by atoms with Gasteiger partial charge < -0.3 is 4.74 Å². The van der Waals surface area contributed by atoms with Gasteiger partial charge in [-0.2, -0.15) is 0 Å². The first-order chi connectivity index (χ1) is 13.3. The molecule has 28 heavy (non-hydrogen) atoms. The summed E-state index contributed by atoms with van der Waals surface area (Å²) in [7, 11) is 0. The number of halogens is 3. The molecule has 6 heteroatoms. The predicted octanol–water partition coefficient (Wildman–Crippen LogP) is 6.47. The van der Waals surface area contributed by atoms with Crippen molar-refractivity contribution in [1.29, 1.82) is 0 Å². The van der Waals surface area contributed by atoms with Crippen LogP contribution in [0.1, 0.15) is 37.7 Å². The molecule has 4 rings (SSSR count). The monoisotopic (exact) mass is 439 g/mol. The van der Waals surface area contributed by atoms with Gasteiger partial charge in [0.05, 0.1) is 0 Å². The van der Waals surface area contributed by atoms with Gasteiger partial charge in [0.2, 0.25) is 3.79 Å². The molecule has 0 fully saturated rings. The molecule has 4 atom stereocenters. The molecule has 1 aromatic carbocycles. The molecule has 150 valence electrons. The number of benzene rings is 1. The highest BCUT2D eigenvalue weighted by atomic mass is 35.6. The molecular weight excluding hydrogens is 417 g/mol. The van der Waals surface area contributed by atoms with Gasteiger partial charge in [0.15, 0.2) is 0 Å². The molecule has 0 unspecified atom stereocenters. The van der Waals surface area contributed by atoms with E-state index >= 15 is 0 Å². The second kappa shape index (κ2) is 7.93. The molecule has 1 heterocycles. The van der Waals surface area contributed by atoms with Crippen LogP contribution in [0.4, 0.5) is 4.79 Å². The number of hydrogen-bond acceptors (Lipinski definition) is 2. The van der Waals surface area contributed by atoms with Crippen molar-refractivity contribution in [1.82, 2.24) is 4.90 Å². The van der Waals surface area contributed by atoms with Crippen molar-refractivity contribution in [3.05, 3.63) is 59.3 Å². The first-order valence-corrected chi connectivity index (χ1v) is 11.0. The molecule has 0 aromatic heterocycles. The van der Waals surface area contributed by atoms with Crippen LogP contribution in [0, 0.1) is 17.8 Å². The maximum Gasteiger partial charge on any atom is 0.414 e. The maximum atomic E-state index is 12.8. The summed E-state index contributed by atoms with van der Waals surface area (Å²) >= 11 is 17.3. The molecule has 2 aliphatic carbocycles. The lowest BCUT2D eigenvalue weighted by molar-refractivity contribution is 0.0940. The van der Waals surface area contributed by atoms with Crippen molar-refractivity contribution >= 4 is 40.9 Å². The Balaban J connectivity index is 1.68. The summed E-state index contributed by atoms with van der Waals surface area (Å²) in [6.45, 7) is 2.61. The number of allylic oxidation sites excluding steroid dienone is 4. The van der Waals surface area contributed by atoms with E-state index in [1.165, 1.54) is 11.1 Å². The lowest BCUT2D eigenvalue weighted by Crippen LogP contribution is -2.47. The molecule has 0 radical (unpaired) electrons. The first-order valence-electron chi connectivity index (χ1n) is 9.82. The average molecular weight is 441 g/mol. The normalized spacial score (nSPS) is 29.5. The molecule has 0 saturated carbocycles. The third-order valence-electron chi connectivity index (χ3n) is 6.13. The predicted molar refractivity (Wildman–Crippen MR) is 114 cm³/mol. The van der Waals surface area contributed by atoms with Gasteiger partial charge in [-0.15, -0.1) is 0 Å². The number of carbonyl (C=O) groups is 1. The van der Waals surface area contributed by atoms with Crippen LogP contribution in [-0.2, 0) is 4.74 Å². The molecule has 1 aromatic rings. The zero-order valence-electron chi connectivity index (χ0n) is 15.8. The highest BCUT2D eigenvalue weighted by Gasteiger charge is 2.45. The minimum absolute atomic E-state index is 0.247. The summed E-state index contributed by atoms with van der Waals surface area (Å²) in [6.07, 6.45) is 7.41. The first kappa shape index (κ1) is 20.1. The van der Waals surface area contributed by atoms with E-state index in [1.54, 1.807) is 4.90 Å². The zero-order valence-corrected chi connectivity index (χ0v) is 18.1. The van der Waals surface area contributed by atoms with Crippen LogP contribution in [0.25, 0.3) is 0 Å². The Morgan fingerprint density at radius 3 is 2.68 bits per heavy atom. The zero-order chi connectivity index (χ0) is 19.9. The fourth-order valence-electron chi connectivity index (χ4n) is 5.07. The fourth-order valence-corrected chi connectivity index (χ4v) is 5.24. The summed E-state index contributed by atoms with van der Waals surface area (Å²) < 4.78 is 3.72. The summed E-state index contributed by atoms with van der Waals surface area (Å²) in [5.41, 5.74) is 3.87. The van der Waals surface area contributed by atoms with Crippen LogP contribution in [0.5, 0.6) is 0 Å². The van der Waals surface area contributed by atoms with E-state index in [0.717, 1.165) is 25.0 Å².